The van der Waals surface area contributed by atoms with Crippen molar-refractivity contribution >= 4 is 29.1 Å². The van der Waals surface area contributed by atoms with Crippen molar-refractivity contribution in [1.82, 2.24) is 4.90 Å². The maximum atomic E-state index is 12.8. The maximum Gasteiger partial charge on any atom is 0.222 e. The minimum atomic E-state index is -0.731. The molecule has 2 rings (SSSR count). The second kappa shape index (κ2) is 10.4. The predicted molar refractivity (Wildman–Crippen MR) is 124 cm³/mol. The van der Waals surface area contributed by atoms with Gasteiger partial charge >= 0.3 is 0 Å². The van der Waals surface area contributed by atoms with E-state index in [0.29, 0.717) is 41.2 Å². The molecular formula is C24H35Cl2NO3. The van der Waals surface area contributed by atoms with Crippen molar-refractivity contribution in [2.24, 2.45) is 11.3 Å². The molecule has 0 heterocycles. The number of carbonyl (C=O) groups is 1. The molecule has 168 valence electrons. The lowest BCUT2D eigenvalue weighted by molar-refractivity contribution is -0.132. The van der Waals surface area contributed by atoms with E-state index in [1.807, 2.05) is 31.9 Å². The molecule has 1 saturated carbocycles. The lowest BCUT2D eigenvalue weighted by Gasteiger charge is -2.41. The quantitative estimate of drug-likeness (QED) is 0.340. The van der Waals surface area contributed by atoms with E-state index in [0.717, 1.165) is 25.7 Å². The van der Waals surface area contributed by atoms with Gasteiger partial charge in [0.15, 0.2) is 0 Å². The van der Waals surface area contributed by atoms with Gasteiger partial charge < -0.3 is 14.7 Å². The van der Waals surface area contributed by atoms with Crippen LogP contribution in [-0.4, -0.2) is 41.2 Å². The van der Waals surface area contributed by atoms with E-state index < -0.39 is 5.60 Å². The summed E-state index contributed by atoms with van der Waals surface area (Å²) in [6.45, 7) is 10.4. The van der Waals surface area contributed by atoms with Gasteiger partial charge in [-0.05, 0) is 75.5 Å². The highest BCUT2D eigenvalue weighted by Gasteiger charge is 2.49. The number of hydrogen-bond acceptors (Lipinski definition) is 3. The third-order valence-electron chi connectivity index (χ3n) is 6.87. The number of rotatable bonds is 10. The third kappa shape index (κ3) is 5.72. The number of nitrogens with zero attached hydrogens (tertiary/aromatic N) is 1. The SMILES string of the molecule is C=CC(C1CCC(CC)(C(C)(C)O)C1)N(C)C(=O)CCCOc1ccc(Cl)cc1Cl. The van der Waals surface area contributed by atoms with Crippen LogP contribution in [0.25, 0.3) is 0 Å². The van der Waals surface area contributed by atoms with Gasteiger partial charge in [0, 0.05) is 18.5 Å². The first-order valence-corrected chi connectivity index (χ1v) is 11.5. The van der Waals surface area contributed by atoms with Crippen LogP contribution in [0.1, 0.15) is 59.3 Å². The van der Waals surface area contributed by atoms with Crippen molar-refractivity contribution in [2.75, 3.05) is 13.7 Å². The standard InChI is InChI=1S/C24H35Cl2NO3/c1-6-20(17-12-13-24(7-2,16-17)23(3,4)29)27(5)22(28)9-8-14-30-21-11-10-18(25)15-19(21)26/h6,10-11,15,17,20,29H,1,7-9,12-14,16H2,2-5H3. The average molecular weight is 456 g/mol. The Morgan fingerprint density at radius 1 is 1.47 bits per heavy atom. The molecule has 0 aromatic heterocycles. The van der Waals surface area contributed by atoms with E-state index in [1.165, 1.54) is 0 Å². The summed E-state index contributed by atoms with van der Waals surface area (Å²) < 4.78 is 5.68. The van der Waals surface area contributed by atoms with Crippen LogP contribution in [0.5, 0.6) is 5.75 Å². The van der Waals surface area contributed by atoms with Crippen molar-refractivity contribution in [3.63, 3.8) is 0 Å². The van der Waals surface area contributed by atoms with Gasteiger partial charge in [-0.2, -0.15) is 0 Å². The molecule has 3 atom stereocenters. The Balaban J connectivity index is 1.88. The molecule has 1 aromatic rings. The fourth-order valence-corrected chi connectivity index (χ4v) is 5.24. The smallest absolute Gasteiger partial charge is 0.222 e. The fraction of sp³-hybridized carbons (Fsp3) is 0.625. The Labute approximate surface area is 191 Å². The number of aliphatic hydroxyl groups is 1. The normalized spacial score (nSPS) is 22.6. The Kier molecular flexibility index (Phi) is 8.67. The van der Waals surface area contributed by atoms with Crippen molar-refractivity contribution in [2.45, 2.75) is 70.9 Å². The van der Waals surface area contributed by atoms with Crippen molar-refractivity contribution in [3.8, 4) is 5.75 Å². The van der Waals surface area contributed by atoms with Crippen molar-refractivity contribution < 1.29 is 14.6 Å². The molecule has 1 amide bonds. The first-order chi connectivity index (χ1) is 14.0. The first-order valence-electron chi connectivity index (χ1n) is 10.7. The van der Waals surface area contributed by atoms with Gasteiger partial charge in [0.2, 0.25) is 5.91 Å². The molecular weight excluding hydrogens is 421 g/mol. The number of ether oxygens (including phenoxy) is 1. The van der Waals surface area contributed by atoms with E-state index in [9.17, 15) is 9.90 Å². The largest absolute Gasteiger partial charge is 0.492 e. The second-order valence-corrected chi connectivity index (χ2v) is 9.80. The van der Waals surface area contributed by atoms with Gasteiger partial charge in [0.1, 0.15) is 5.75 Å². The summed E-state index contributed by atoms with van der Waals surface area (Å²) in [5, 5.41) is 11.7. The molecule has 1 aromatic carbocycles. The Hall–Kier alpha value is -1.23. The minimum Gasteiger partial charge on any atom is -0.492 e. The molecule has 1 fully saturated rings. The number of benzene rings is 1. The second-order valence-electron chi connectivity index (χ2n) is 8.95. The van der Waals surface area contributed by atoms with Gasteiger partial charge in [-0.15, -0.1) is 6.58 Å². The van der Waals surface area contributed by atoms with Gasteiger partial charge in [-0.25, -0.2) is 0 Å². The predicted octanol–water partition coefficient (Wildman–Crippen LogP) is 6.13. The lowest BCUT2D eigenvalue weighted by Crippen LogP contribution is -2.44. The number of likely N-dealkylation sites (N-methyl/N-ethyl adjacent to an activating group) is 1. The third-order valence-corrected chi connectivity index (χ3v) is 7.40. The van der Waals surface area contributed by atoms with Gasteiger partial charge in [-0.1, -0.05) is 36.2 Å². The molecule has 4 nitrogen and oxygen atoms in total. The Morgan fingerprint density at radius 2 is 2.17 bits per heavy atom. The number of carbonyl (C=O) groups excluding carboxylic acids is 1. The Morgan fingerprint density at radius 3 is 2.70 bits per heavy atom. The summed E-state index contributed by atoms with van der Waals surface area (Å²) in [7, 11) is 1.85. The van der Waals surface area contributed by atoms with Gasteiger partial charge in [-0.3, -0.25) is 4.79 Å². The molecule has 0 aliphatic heterocycles. The highest BCUT2D eigenvalue weighted by Crippen LogP contribution is 2.52. The van der Waals surface area contributed by atoms with Crippen LogP contribution < -0.4 is 4.74 Å². The zero-order valence-electron chi connectivity index (χ0n) is 18.6. The number of amides is 1. The summed E-state index contributed by atoms with van der Waals surface area (Å²) >= 11 is 12.0. The lowest BCUT2D eigenvalue weighted by atomic mass is 9.69. The number of hydrogen-bond donors (Lipinski definition) is 1. The van der Waals surface area contributed by atoms with Crippen molar-refractivity contribution in [3.05, 3.63) is 40.9 Å². The monoisotopic (exact) mass is 455 g/mol. The van der Waals surface area contributed by atoms with Crippen molar-refractivity contribution in [1.29, 1.82) is 0 Å². The molecule has 30 heavy (non-hydrogen) atoms. The highest BCUT2D eigenvalue weighted by molar-refractivity contribution is 6.35. The van der Waals surface area contributed by atoms with Gasteiger partial charge in [0.05, 0.1) is 23.3 Å². The molecule has 6 heteroatoms. The van der Waals surface area contributed by atoms with Crippen LogP contribution in [0.15, 0.2) is 30.9 Å². The Bertz CT molecular complexity index is 746. The van der Waals surface area contributed by atoms with Crippen LogP contribution in [0.4, 0.5) is 0 Å². The van der Waals surface area contributed by atoms with Gasteiger partial charge in [0.25, 0.3) is 0 Å². The van der Waals surface area contributed by atoms with Crippen LogP contribution in [0.2, 0.25) is 10.0 Å². The summed E-state index contributed by atoms with van der Waals surface area (Å²) in [5.74, 6) is 0.953. The van der Waals surface area contributed by atoms with E-state index in [4.69, 9.17) is 27.9 Å². The van der Waals surface area contributed by atoms with Crippen LogP contribution >= 0.6 is 23.2 Å². The average Bonchev–Trinajstić information content (AvgIpc) is 3.12. The molecule has 0 radical (unpaired) electrons. The fourth-order valence-electron chi connectivity index (χ4n) is 4.78. The minimum absolute atomic E-state index is 0.0279. The molecule has 1 aliphatic rings. The summed E-state index contributed by atoms with van der Waals surface area (Å²) in [4.78, 5) is 14.6. The zero-order valence-corrected chi connectivity index (χ0v) is 20.1. The molecule has 0 saturated heterocycles. The molecule has 1 aliphatic carbocycles. The molecule has 0 bridgehead atoms. The summed E-state index contributed by atoms with van der Waals surface area (Å²) in [5.41, 5.74) is -0.834. The molecule has 1 N–H and O–H groups in total. The molecule has 3 unspecified atom stereocenters. The zero-order chi connectivity index (χ0) is 22.5. The maximum absolute atomic E-state index is 12.8. The topological polar surface area (TPSA) is 49.8 Å². The van der Waals surface area contributed by atoms with E-state index >= 15 is 0 Å². The summed E-state index contributed by atoms with van der Waals surface area (Å²) in [6, 6.07) is 5.06. The van der Waals surface area contributed by atoms with Crippen LogP contribution in [-0.2, 0) is 4.79 Å². The van der Waals surface area contributed by atoms with E-state index in [2.05, 4.69) is 13.5 Å². The number of halogens is 2. The van der Waals surface area contributed by atoms with E-state index in [-0.39, 0.29) is 17.4 Å². The first kappa shape index (κ1) is 25.0. The highest BCUT2D eigenvalue weighted by atomic mass is 35.5. The summed E-state index contributed by atoms with van der Waals surface area (Å²) in [6.07, 6.45) is 6.66. The molecule has 0 spiro atoms. The van der Waals surface area contributed by atoms with Crippen LogP contribution in [0.3, 0.4) is 0 Å². The van der Waals surface area contributed by atoms with E-state index in [1.54, 1.807) is 18.2 Å². The van der Waals surface area contributed by atoms with Crippen LogP contribution in [0, 0.1) is 11.3 Å².